The second-order valence-electron chi connectivity index (χ2n) is 8.00. The van der Waals surface area contributed by atoms with Gasteiger partial charge in [0.1, 0.15) is 12.1 Å². The van der Waals surface area contributed by atoms with Crippen LogP contribution >= 0.6 is 56.7 Å². The monoisotopic (exact) mass is 564 g/mol. The van der Waals surface area contributed by atoms with E-state index in [4.69, 9.17) is 0 Å². The summed E-state index contributed by atoms with van der Waals surface area (Å²) in [5, 5.41) is 25.8. The van der Waals surface area contributed by atoms with E-state index in [1.165, 1.54) is 30.3 Å². The molecule has 2 nitrogen and oxygen atoms in total. The summed E-state index contributed by atoms with van der Waals surface area (Å²) in [7, 11) is 0. The van der Waals surface area contributed by atoms with Crippen LogP contribution in [0, 0.1) is 22.7 Å². The number of hydrogen-bond donors (Lipinski definition) is 0. The molecule has 7 heteroatoms. The van der Waals surface area contributed by atoms with Crippen LogP contribution in [-0.4, -0.2) is 0 Å². The molecule has 37 heavy (non-hydrogen) atoms. The van der Waals surface area contributed by atoms with Gasteiger partial charge in [-0.1, -0.05) is 36.4 Å². The highest BCUT2D eigenvalue weighted by atomic mass is 32.1. The van der Waals surface area contributed by atoms with Crippen molar-refractivity contribution in [3.8, 4) is 31.6 Å². The molecule has 5 aromatic heterocycles. The first-order chi connectivity index (χ1) is 18.2. The van der Waals surface area contributed by atoms with Gasteiger partial charge in [0.25, 0.3) is 0 Å². The van der Waals surface area contributed by atoms with Gasteiger partial charge in [0.15, 0.2) is 0 Å². The molecular weight excluding hydrogens is 549 g/mol. The third-order valence-corrected chi connectivity index (χ3v) is 11.2. The molecule has 0 unspecified atom stereocenters. The number of nitriles is 2. The van der Waals surface area contributed by atoms with Gasteiger partial charge in [-0.2, -0.15) is 10.5 Å². The Balaban J connectivity index is 1.38. The van der Waals surface area contributed by atoms with Crippen molar-refractivity contribution >= 4 is 90.8 Å². The maximum atomic E-state index is 9.65. The molecule has 0 aliphatic heterocycles. The molecule has 0 atom stereocenters. The Morgan fingerprint density at radius 3 is 1.46 bits per heavy atom. The highest BCUT2D eigenvalue weighted by Gasteiger charge is 2.17. The summed E-state index contributed by atoms with van der Waals surface area (Å²) < 4.78 is 0. The van der Waals surface area contributed by atoms with E-state index in [0.29, 0.717) is 11.1 Å². The summed E-state index contributed by atoms with van der Waals surface area (Å²) >= 11 is 8.39. The van der Waals surface area contributed by atoms with E-state index in [1.54, 1.807) is 56.7 Å². The fourth-order valence-electron chi connectivity index (χ4n) is 4.03. The Kier molecular flexibility index (Phi) is 6.72. The molecular formula is C30H16N2S5. The number of nitrogens with zero attached hydrogens (tertiary/aromatic N) is 2. The molecule has 6 aromatic rings. The Labute approximate surface area is 234 Å². The Bertz CT molecular complexity index is 1710. The van der Waals surface area contributed by atoms with E-state index in [9.17, 15) is 10.5 Å². The fourth-order valence-corrected chi connectivity index (χ4v) is 8.84. The van der Waals surface area contributed by atoms with E-state index in [2.05, 4.69) is 60.7 Å². The van der Waals surface area contributed by atoms with Gasteiger partial charge in [-0.25, -0.2) is 0 Å². The predicted molar refractivity (Wildman–Crippen MR) is 164 cm³/mol. The second kappa shape index (κ2) is 10.4. The van der Waals surface area contributed by atoms with Crippen LogP contribution in [0.25, 0.3) is 53.6 Å². The minimum atomic E-state index is 0.693. The summed E-state index contributed by atoms with van der Waals surface area (Å²) in [6, 6.07) is 29.7. The summed E-state index contributed by atoms with van der Waals surface area (Å²) in [5.74, 6) is 0. The normalized spacial score (nSPS) is 12.1. The van der Waals surface area contributed by atoms with Crippen LogP contribution in [0.15, 0.2) is 83.6 Å². The number of allylic oxidation sites excluding steroid dienone is 2. The van der Waals surface area contributed by atoms with E-state index >= 15 is 0 Å². The molecule has 5 heterocycles. The summed E-state index contributed by atoms with van der Waals surface area (Å²) in [6.07, 6.45) is 3.96. The minimum Gasteiger partial charge on any atom is -0.192 e. The Morgan fingerprint density at radius 2 is 1.05 bits per heavy atom. The van der Waals surface area contributed by atoms with Crippen LogP contribution in [0.2, 0.25) is 0 Å². The lowest BCUT2D eigenvalue weighted by Crippen LogP contribution is -1.73. The molecule has 176 valence electrons. The third kappa shape index (κ3) is 4.76. The largest absolute Gasteiger partial charge is 0.192 e. The third-order valence-electron chi connectivity index (χ3n) is 5.71. The molecule has 0 saturated heterocycles. The summed E-state index contributed by atoms with van der Waals surface area (Å²) in [5.41, 5.74) is 1.39. The lowest BCUT2D eigenvalue weighted by atomic mass is 10.1. The van der Waals surface area contributed by atoms with Crippen molar-refractivity contribution < 1.29 is 0 Å². The van der Waals surface area contributed by atoms with E-state index in [-0.39, 0.29) is 0 Å². The van der Waals surface area contributed by atoms with Crippen LogP contribution in [0.1, 0.15) is 19.5 Å². The topological polar surface area (TPSA) is 47.6 Å². The van der Waals surface area contributed by atoms with Crippen LogP contribution < -0.4 is 0 Å². The number of benzene rings is 1. The lowest BCUT2D eigenvalue weighted by molar-refractivity contribution is 1.54. The number of hydrogen-bond acceptors (Lipinski definition) is 7. The standard InChI is InChI=1S/C30H16N2S5/c31-17-19(25-7-3-13-33-25)15-21-9-11-27(35-21)29-23-5-1-2-6-24(23)30(37-29)28-12-10-22(36-28)16-20(18-32)26-8-4-14-34-26/h1-16H/b19-15+,20-16+. The molecule has 6 rings (SSSR count). The molecule has 1 aromatic carbocycles. The zero-order chi connectivity index (χ0) is 25.2. The van der Waals surface area contributed by atoms with Crippen LogP contribution in [0.3, 0.4) is 0 Å². The first kappa shape index (κ1) is 23.8. The van der Waals surface area contributed by atoms with Gasteiger partial charge in [-0.3, -0.25) is 0 Å². The minimum absolute atomic E-state index is 0.693. The first-order valence-corrected chi connectivity index (χ1v) is 15.5. The first-order valence-electron chi connectivity index (χ1n) is 11.3. The Hall–Kier alpha value is -3.56. The summed E-state index contributed by atoms with van der Waals surface area (Å²) in [6.45, 7) is 0. The molecule has 0 aliphatic rings. The van der Waals surface area contributed by atoms with E-state index < -0.39 is 0 Å². The van der Waals surface area contributed by atoms with Crippen LogP contribution in [0.4, 0.5) is 0 Å². The predicted octanol–water partition coefficient (Wildman–Crippen LogP) is 10.6. The molecule has 0 saturated carbocycles. The van der Waals surface area contributed by atoms with Gasteiger partial charge >= 0.3 is 0 Å². The average Bonchev–Trinajstić information content (AvgIpc) is 3.75. The van der Waals surface area contributed by atoms with Crippen molar-refractivity contribution in [2.75, 3.05) is 0 Å². The molecule has 0 fully saturated rings. The second-order valence-corrected chi connectivity index (χ2v) is 13.2. The zero-order valence-corrected chi connectivity index (χ0v) is 23.3. The quantitative estimate of drug-likeness (QED) is 0.189. The number of rotatable bonds is 6. The fraction of sp³-hybridized carbons (Fsp3) is 0. The van der Waals surface area contributed by atoms with Gasteiger partial charge in [-0.05, 0) is 59.3 Å². The summed E-state index contributed by atoms with van der Waals surface area (Å²) in [4.78, 5) is 9.00. The highest BCUT2D eigenvalue weighted by Crippen LogP contribution is 2.48. The number of fused-ring (bicyclic) bond motifs is 1. The van der Waals surface area contributed by atoms with Gasteiger partial charge in [-0.15, -0.1) is 56.7 Å². The van der Waals surface area contributed by atoms with Crippen molar-refractivity contribution in [2.45, 2.75) is 0 Å². The lowest BCUT2D eigenvalue weighted by Gasteiger charge is -1.95. The van der Waals surface area contributed by atoms with Gasteiger partial charge < -0.3 is 0 Å². The molecule has 0 aliphatic carbocycles. The van der Waals surface area contributed by atoms with Crippen molar-refractivity contribution in [1.82, 2.24) is 0 Å². The van der Waals surface area contributed by atoms with Crippen LogP contribution in [-0.2, 0) is 0 Å². The van der Waals surface area contributed by atoms with Crippen molar-refractivity contribution in [2.24, 2.45) is 0 Å². The maximum Gasteiger partial charge on any atom is 0.101 e. The number of thiophene rings is 5. The highest BCUT2D eigenvalue weighted by molar-refractivity contribution is 7.28. The van der Waals surface area contributed by atoms with Crippen molar-refractivity contribution in [3.05, 3.63) is 103 Å². The van der Waals surface area contributed by atoms with Crippen molar-refractivity contribution in [1.29, 1.82) is 10.5 Å². The van der Waals surface area contributed by atoms with Gasteiger partial charge in [0.05, 0.1) is 20.9 Å². The van der Waals surface area contributed by atoms with E-state index in [1.807, 2.05) is 47.2 Å². The van der Waals surface area contributed by atoms with Crippen LogP contribution in [0.5, 0.6) is 0 Å². The van der Waals surface area contributed by atoms with Crippen molar-refractivity contribution in [3.63, 3.8) is 0 Å². The molecule has 0 radical (unpaired) electrons. The Morgan fingerprint density at radius 1 is 0.568 bits per heavy atom. The zero-order valence-electron chi connectivity index (χ0n) is 19.2. The molecule has 0 bridgehead atoms. The van der Waals surface area contributed by atoms with Gasteiger partial charge in [0, 0.05) is 40.0 Å². The maximum absolute atomic E-state index is 9.65. The smallest absolute Gasteiger partial charge is 0.101 e. The van der Waals surface area contributed by atoms with E-state index in [0.717, 1.165) is 19.5 Å². The van der Waals surface area contributed by atoms with Gasteiger partial charge in [0.2, 0.25) is 0 Å². The average molecular weight is 565 g/mol. The SMILES string of the molecule is N#C/C(=C\c1ccc(-c2sc(-c3ccc(/C=C(\C#N)c4cccs4)s3)c3ccccc23)s1)c1cccs1. The molecule has 0 amide bonds. The molecule has 0 N–H and O–H groups in total. The molecule has 0 spiro atoms.